The number of hydrogen-bond acceptors (Lipinski definition) is 4. The van der Waals surface area contributed by atoms with E-state index >= 15 is 0 Å². The van der Waals surface area contributed by atoms with E-state index in [0.29, 0.717) is 6.42 Å². The molecule has 0 radical (unpaired) electrons. The molecule has 1 aromatic carbocycles. The average molecular weight is 353 g/mol. The van der Waals surface area contributed by atoms with Crippen LogP contribution in [-0.4, -0.2) is 5.78 Å². The minimum Gasteiger partial charge on any atom is -0.352 e. The third-order valence-electron chi connectivity index (χ3n) is 4.88. The average Bonchev–Trinajstić information content (AvgIpc) is 2.58. The summed E-state index contributed by atoms with van der Waals surface area (Å²) in [7, 11) is 0. The quantitative estimate of drug-likeness (QED) is 0.835. The highest BCUT2D eigenvalue weighted by Gasteiger charge is 2.40. The highest BCUT2D eigenvalue weighted by atomic mass is 32.2. The topological polar surface area (TPSA) is 52.9 Å². The predicted octanol–water partition coefficient (Wildman–Crippen LogP) is 4.93. The van der Waals surface area contributed by atoms with Gasteiger partial charge in [0.05, 0.1) is 16.7 Å². The molecule has 0 aromatic heterocycles. The Kier molecular flexibility index (Phi) is 5.06. The number of thioether (sulfide) groups is 1. The molecule has 0 fully saturated rings. The van der Waals surface area contributed by atoms with Crippen LogP contribution in [0.3, 0.4) is 0 Å². The van der Waals surface area contributed by atoms with Gasteiger partial charge < -0.3 is 5.32 Å². The summed E-state index contributed by atoms with van der Waals surface area (Å²) < 4.78 is 0. The molecule has 1 aromatic rings. The van der Waals surface area contributed by atoms with Gasteiger partial charge in [-0.05, 0) is 23.8 Å². The molecule has 3 nitrogen and oxygen atoms in total. The van der Waals surface area contributed by atoms with E-state index in [1.54, 1.807) is 11.8 Å². The van der Waals surface area contributed by atoms with Crippen molar-refractivity contribution >= 4 is 17.5 Å². The molecular formula is C21H24N2OS. The van der Waals surface area contributed by atoms with Crippen LogP contribution in [0, 0.1) is 22.7 Å². The van der Waals surface area contributed by atoms with Crippen molar-refractivity contribution in [1.29, 1.82) is 5.26 Å². The number of carbonyl (C=O) groups excluding carboxylic acids is 1. The van der Waals surface area contributed by atoms with Gasteiger partial charge in [0.2, 0.25) is 0 Å². The third kappa shape index (κ3) is 3.67. The molecule has 1 aliphatic heterocycles. The number of benzene rings is 1. The smallest absolute Gasteiger partial charge is 0.161 e. The van der Waals surface area contributed by atoms with Crippen LogP contribution in [0.1, 0.15) is 45.6 Å². The molecule has 1 N–H and O–H groups in total. The molecule has 2 aliphatic rings. The summed E-state index contributed by atoms with van der Waals surface area (Å²) in [5, 5.41) is 14.1. The normalized spacial score (nSPS) is 22.3. The molecule has 1 unspecified atom stereocenters. The Bertz CT molecular complexity index is 784. The van der Waals surface area contributed by atoms with E-state index in [0.717, 1.165) is 40.5 Å². The van der Waals surface area contributed by atoms with E-state index in [9.17, 15) is 10.1 Å². The molecule has 25 heavy (non-hydrogen) atoms. The first kappa shape index (κ1) is 17.8. The Morgan fingerprint density at radius 1 is 1.28 bits per heavy atom. The van der Waals surface area contributed by atoms with Crippen LogP contribution < -0.4 is 5.32 Å². The van der Waals surface area contributed by atoms with Gasteiger partial charge in [0.25, 0.3) is 0 Å². The van der Waals surface area contributed by atoms with E-state index < -0.39 is 0 Å². The zero-order valence-electron chi connectivity index (χ0n) is 15.1. The number of hydrogen-bond donors (Lipinski definition) is 1. The molecule has 0 spiro atoms. The van der Waals surface area contributed by atoms with Crippen LogP contribution in [0.5, 0.6) is 0 Å². The number of dihydropyridines is 1. The van der Waals surface area contributed by atoms with Crippen molar-refractivity contribution in [2.45, 2.75) is 45.8 Å². The predicted molar refractivity (Wildman–Crippen MR) is 102 cm³/mol. The lowest BCUT2D eigenvalue weighted by Gasteiger charge is -2.38. The standard InChI is InChI=1S/C21H24N2OS/c1-4-15-16(12-22)20(25-13-14-8-6-5-7-9-14)23-17-10-21(2,3)11-18(24)19(15)17/h5-9,15,23H,4,10-11,13H2,1-3H3. The minimum absolute atomic E-state index is 0.0272. The van der Waals surface area contributed by atoms with E-state index in [1.807, 2.05) is 18.2 Å². The Balaban J connectivity index is 1.90. The van der Waals surface area contributed by atoms with Gasteiger partial charge in [0.15, 0.2) is 5.78 Å². The van der Waals surface area contributed by atoms with Gasteiger partial charge in [-0.25, -0.2) is 0 Å². The second kappa shape index (κ2) is 7.09. The van der Waals surface area contributed by atoms with Crippen molar-refractivity contribution in [3.63, 3.8) is 0 Å². The first-order valence-electron chi connectivity index (χ1n) is 8.79. The number of nitrogens with zero attached hydrogens (tertiary/aromatic N) is 1. The summed E-state index contributed by atoms with van der Waals surface area (Å²) in [4.78, 5) is 12.7. The number of nitrogens with one attached hydrogen (secondary N) is 1. The van der Waals surface area contributed by atoms with Gasteiger partial charge in [-0.2, -0.15) is 5.26 Å². The highest BCUT2D eigenvalue weighted by molar-refractivity contribution is 8.02. The van der Waals surface area contributed by atoms with Crippen molar-refractivity contribution in [1.82, 2.24) is 5.32 Å². The molecule has 0 saturated carbocycles. The van der Waals surface area contributed by atoms with Gasteiger partial charge in [-0.3, -0.25) is 4.79 Å². The molecule has 1 heterocycles. The maximum Gasteiger partial charge on any atom is 0.161 e. The van der Waals surface area contributed by atoms with E-state index in [4.69, 9.17) is 0 Å². The summed E-state index contributed by atoms with van der Waals surface area (Å²) in [5.41, 5.74) is 3.80. The Labute approximate surface area is 154 Å². The van der Waals surface area contributed by atoms with Crippen LogP contribution in [0.4, 0.5) is 0 Å². The van der Waals surface area contributed by atoms with Crippen molar-refractivity contribution in [3.8, 4) is 6.07 Å². The molecule has 1 atom stereocenters. The van der Waals surface area contributed by atoms with Crippen molar-refractivity contribution in [2.24, 2.45) is 11.3 Å². The Hall–Kier alpha value is -1.99. The van der Waals surface area contributed by atoms with Gasteiger partial charge >= 0.3 is 0 Å². The lowest BCUT2D eigenvalue weighted by molar-refractivity contribution is -0.118. The SMILES string of the molecule is CCC1C(C#N)=C(SCc2ccccc2)NC2=C1C(=O)CC(C)(C)C2. The van der Waals surface area contributed by atoms with Gasteiger partial charge in [0, 0.05) is 29.4 Å². The van der Waals surface area contributed by atoms with Gasteiger partial charge in [-0.1, -0.05) is 51.1 Å². The van der Waals surface area contributed by atoms with E-state index in [1.165, 1.54) is 5.56 Å². The fourth-order valence-corrected chi connectivity index (χ4v) is 4.78. The zero-order chi connectivity index (χ0) is 18.0. The molecular weight excluding hydrogens is 328 g/mol. The first-order valence-corrected chi connectivity index (χ1v) is 9.78. The number of carbonyl (C=O) groups is 1. The van der Waals surface area contributed by atoms with Crippen LogP contribution in [-0.2, 0) is 10.5 Å². The van der Waals surface area contributed by atoms with E-state index in [2.05, 4.69) is 44.3 Å². The van der Waals surface area contributed by atoms with Crippen molar-refractivity contribution in [3.05, 3.63) is 57.8 Å². The Morgan fingerprint density at radius 3 is 2.64 bits per heavy atom. The van der Waals surface area contributed by atoms with Crippen LogP contribution >= 0.6 is 11.8 Å². The van der Waals surface area contributed by atoms with E-state index in [-0.39, 0.29) is 17.1 Å². The molecule has 0 saturated heterocycles. The number of rotatable bonds is 4. The molecule has 3 rings (SSSR count). The fraction of sp³-hybridized carbons (Fsp3) is 0.429. The zero-order valence-corrected chi connectivity index (χ0v) is 15.9. The number of Topliss-reactive ketones (excluding diaryl/α,β-unsaturated/α-hetero) is 1. The summed E-state index contributed by atoms with van der Waals surface area (Å²) in [6.45, 7) is 6.33. The summed E-state index contributed by atoms with van der Waals surface area (Å²) in [6, 6.07) is 12.6. The molecule has 0 amide bonds. The lowest BCUT2D eigenvalue weighted by Crippen LogP contribution is -2.37. The Morgan fingerprint density at radius 2 is 2.00 bits per heavy atom. The minimum atomic E-state index is -0.0666. The highest BCUT2D eigenvalue weighted by Crippen LogP contribution is 2.45. The maximum absolute atomic E-state index is 12.7. The maximum atomic E-state index is 12.7. The molecule has 4 heteroatoms. The third-order valence-corrected chi connectivity index (χ3v) is 5.97. The summed E-state index contributed by atoms with van der Waals surface area (Å²) in [6.07, 6.45) is 2.21. The number of ketones is 1. The largest absolute Gasteiger partial charge is 0.352 e. The van der Waals surface area contributed by atoms with Gasteiger partial charge in [0.1, 0.15) is 0 Å². The first-order chi connectivity index (χ1) is 11.9. The summed E-state index contributed by atoms with van der Waals surface area (Å²) >= 11 is 1.66. The monoisotopic (exact) mass is 352 g/mol. The lowest BCUT2D eigenvalue weighted by atomic mass is 9.70. The number of allylic oxidation sites excluding steroid dienone is 3. The molecule has 130 valence electrons. The van der Waals surface area contributed by atoms with Crippen molar-refractivity contribution < 1.29 is 4.79 Å². The molecule has 1 aliphatic carbocycles. The second-order valence-corrected chi connectivity index (χ2v) is 8.53. The van der Waals surface area contributed by atoms with Crippen molar-refractivity contribution in [2.75, 3.05) is 0 Å². The number of nitriles is 1. The summed E-state index contributed by atoms with van der Waals surface area (Å²) in [5.74, 6) is 0.943. The van der Waals surface area contributed by atoms with Crippen LogP contribution in [0.15, 0.2) is 52.2 Å². The fourth-order valence-electron chi connectivity index (χ4n) is 3.74. The van der Waals surface area contributed by atoms with Crippen LogP contribution in [0.2, 0.25) is 0 Å². The molecule has 0 bridgehead atoms. The van der Waals surface area contributed by atoms with Crippen LogP contribution in [0.25, 0.3) is 0 Å². The second-order valence-electron chi connectivity index (χ2n) is 7.55. The van der Waals surface area contributed by atoms with Gasteiger partial charge in [-0.15, -0.1) is 11.8 Å².